The number of hydrogen-bond acceptors (Lipinski definition) is 2. The normalized spacial score (nSPS) is 27.7. The second-order valence-corrected chi connectivity index (χ2v) is 2.15. The molecular formula is C6H11NO2. The fraction of sp³-hybridized carbons (Fsp3) is 0.833. The van der Waals surface area contributed by atoms with Crippen molar-refractivity contribution in [2.45, 2.75) is 19.4 Å². The van der Waals surface area contributed by atoms with Gasteiger partial charge in [-0.1, -0.05) is 6.92 Å². The molecule has 9 heavy (non-hydrogen) atoms. The maximum atomic E-state index is 10.5. The number of morpholine rings is 1. The Kier molecular flexibility index (Phi) is 2.05. The molecule has 3 heteroatoms. The van der Waals surface area contributed by atoms with Gasteiger partial charge in [0.25, 0.3) is 0 Å². The molecule has 0 spiro atoms. The number of ether oxygens (including phenoxy) is 1. The van der Waals surface area contributed by atoms with Crippen molar-refractivity contribution in [3.63, 3.8) is 0 Å². The van der Waals surface area contributed by atoms with E-state index in [1.54, 1.807) is 0 Å². The SMILES string of the molecule is CCC1CNC(=O)CO1. The van der Waals surface area contributed by atoms with Crippen LogP contribution >= 0.6 is 0 Å². The summed E-state index contributed by atoms with van der Waals surface area (Å²) in [6.45, 7) is 2.95. The second-order valence-electron chi connectivity index (χ2n) is 2.15. The first kappa shape index (κ1) is 6.55. The summed E-state index contributed by atoms with van der Waals surface area (Å²) in [5.41, 5.74) is 0. The number of carbonyl (C=O) groups is 1. The van der Waals surface area contributed by atoms with E-state index in [-0.39, 0.29) is 18.6 Å². The van der Waals surface area contributed by atoms with Gasteiger partial charge in [-0.2, -0.15) is 0 Å². The van der Waals surface area contributed by atoms with Gasteiger partial charge >= 0.3 is 0 Å². The fourth-order valence-electron chi connectivity index (χ4n) is 0.793. The molecule has 1 atom stereocenters. The van der Waals surface area contributed by atoms with Crippen LogP contribution in [0.4, 0.5) is 0 Å². The molecule has 1 amide bonds. The molecule has 1 saturated heterocycles. The first-order valence-electron chi connectivity index (χ1n) is 3.21. The van der Waals surface area contributed by atoms with Gasteiger partial charge < -0.3 is 10.1 Å². The summed E-state index contributed by atoms with van der Waals surface area (Å²) < 4.78 is 5.13. The topological polar surface area (TPSA) is 38.3 Å². The Balaban J connectivity index is 2.26. The van der Waals surface area contributed by atoms with Crippen LogP contribution < -0.4 is 5.32 Å². The largest absolute Gasteiger partial charge is 0.367 e. The van der Waals surface area contributed by atoms with Gasteiger partial charge in [0.1, 0.15) is 6.61 Å². The maximum absolute atomic E-state index is 10.5. The molecule has 1 aliphatic heterocycles. The first-order valence-corrected chi connectivity index (χ1v) is 3.21. The minimum absolute atomic E-state index is 0.000278. The number of nitrogens with one attached hydrogen (secondary N) is 1. The minimum atomic E-state index is -0.000278. The third-order valence-corrected chi connectivity index (χ3v) is 1.43. The Labute approximate surface area is 54.4 Å². The van der Waals surface area contributed by atoms with E-state index in [0.29, 0.717) is 6.54 Å². The summed E-state index contributed by atoms with van der Waals surface area (Å²) in [7, 11) is 0. The lowest BCUT2D eigenvalue weighted by Gasteiger charge is -2.21. The molecule has 0 aliphatic carbocycles. The van der Waals surface area contributed by atoms with Crippen LogP contribution in [0.1, 0.15) is 13.3 Å². The van der Waals surface area contributed by atoms with Crippen molar-refractivity contribution < 1.29 is 9.53 Å². The highest BCUT2D eigenvalue weighted by Gasteiger charge is 2.15. The van der Waals surface area contributed by atoms with Gasteiger partial charge in [-0.05, 0) is 6.42 Å². The lowest BCUT2D eigenvalue weighted by atomic mass is 10.2. The molecule has 0 saturated carbocycles. The predicted molar refractivity (Wildman–Crippen MR) is 33.0 cm³/mol. The highest BCUT2D eigenvalue weighted by atomic mass is 16.5. The lowest BCUT2D eigenvalue weighted by Crippen LogP contribution is -2.42. The Morgan fingerprint density at radius 1 is 1.89 bits per heavy atom. The summed E-state index contributed by atoms with van der Waals surface area (Å²) in [5.74, 6) is -0.000278. The zero-order chi connectivity index (χ0) is 6.69. The van der Waals surface area contributed by atoms with E-state index in [1.165, 1.54) is 0 Å². The zero-order valence-electron chi connectivity index (χ0n) is 5.52. The van der Waals surface area contributed by atoms with Crippen LogP contribution in [-0.2, 0) is 9.53 Å². The molecule has 0 aromatic rings. The molecule has 1 unspecified atom stereocenters. The molecule has 1 rings (SSSR count). The third kappa shape index (κ3) is 1.68. The van der Waals surface area contributed by atoms with E-state index in [9.17, 15) is 4.79 Å². The smallest absolute Gasteiger partial charge is 0.246 e. The second kappa shape index (κ2) is 2.82. The monoisotopic (exact) mass is 129 g/mol. The van der Waals surface area contributed by atoms with Crippen molar-refractivity contribution in [1.82, 2.24) is 5.32 Å². The summed E-state index contributed by atoms with van der Waals surface area (Å²) in [4.78, 5) is 10.5. The number of hydrogen-bond donors (Lipinski definition) is 1. The summed E-state index contributed by atoms with van der Waals surface area (Å²) in [5, 5.41) is 2.72. The average molecular weight is 129 g/mol. The Hall–Kier alpha value is -0.570. The quantitative estimate of drug-likeness (QED) is 0.537. The van der Waals surface area contributed by atoms with Crippen LogP contribution in [-0.4, -0.2) is 25.2 Å². The van der Waals surface area contributed by atoms with E-state index in [0.717, 1.165) is 6.42 Å². The first-order chi connectivity index (χ1) is 4.33. The van der Waals surface area contributed by atoms with Gasteiger partial charge in [0.05, 0.1) is 6.10 Å². The van der Waals surface area contributed by atoms with E-state index >= 15 is 0 Å². The number of rotatable bonds is 1. The predicted octanol–water partition coefficient (Wildman–Crippen LogP) is -0.0886. The molecule has 1 aliphatic rings. The summed E-state index contributed by atoms with van der Waals surface area (Å²) >= 11 is 0. The highest BCUT2D eigenvalue weighted by Crippen LogP contribution is 1.99. The van der Waals surface area contributed by atoms with Gasteiger partial charge in [0, 0.05) is 6.54 Å². The molecule has 0 radical (unpaired) electrons. The van der Waals surface area contributed by atoms with Crippen LogP contribution in [0.2, 0.25) is 0 Å². The van der Waals surface area contributed by atoms with Crippen molar-refractivity contribution in [1.29, 1.82) is 0 Å². The Morgan fingerprint density at radius 2 is 2.67 bits per heavy atom. The Bertz CT molecular complexity index is 104. The van der Waals surface area contributed by atoms with Crippen LogP contribution in [0.3, 0.4) is 0 Å². The zero-order valence-corrected chi connectivity index (χ0v) is 5.52. The van der Waals surface area contributed by atoms with Crippen molar-refractivity contribution >= 4 is 5.91 Å². The van der Waals surface area contributed by atoms with Crippen molar-refractivity contribution in [2.75, 3.05) is 13.2 Å². The van der Waals surface area contributed by atoms with Crippen LogP contribution in [0.5, 0.6) is 0 Å². The van der Waals surface area contributed by atoms with E-state index in [2.05, 4.69) is 5.32 Å². The van der Waals surface area contributed by atoms with Gasteiger partial charge in [-0.25, -0.2) is 0 Å². The third-order valence-electron chi connectivity index (χ3n) is 1.43. The van der Waals surface area contributed by atoms with Crippen molar-refractivity contribution in [3.05, 3.63) is 0 Å². The molecule has 52 valence electrons. The van der Waals surface area contributed by atoms with Gasteiger partial charge in [-0.3, -0.25) is 4.79 Å². The number of amides is 1. The molecule has 0 bridgehead atoms. The van der Waals surface area contributed by atoms with Crippen LogP contribution in [0.15, 0.2) is 0 Å². The fourth-order valence-corrected chi connectivity index (χ4v) is 0.793. The molecule has 0 aromatic heterocycles. The van der Waals surface area contributed by atoms with Gasteiger partial charge in [-0.15, -0.1) is 0 Å². The Morgan fingerprint density at radius 3 is 3.11 bits per heavy atom. The van der Waals surface area contributed by atoms with Gasteiger partial charge in [0.15, 0.2) is 0 Å². The molecular weight excluding hydrogens is 118 g/mol. The standard InChI is InChI=1S/C6H11NO2/c1-2-5-3-7-6(8)4-9-5/h5H,2-4H2,1H3,(H,7,8). The molecule has 1 fully saturated rings. The molecule has 1 heterocycles. The number of carbonyl (C=O) groups excluding carboxylic acids is 1. The minimum Gasteiger partial charge on any atom is -0.367 e. The van der Waals surface area contributed by atoms with E-state index in [4.69, 9.17) is 4.74 Å². The van der Waals surface area contributed by atoms with Crippen molar-refractivity contribution in [3.8, 4) is 0 Å². The lowest BCUT2D eigenvalue weighted by molar-refractivity contribution is -0.133. The average Bonchev–Trinajstić information content (AvgIpc) is 1.90. The molecule has 1 N–H and O–H groups in total. The molecule has 3 nitrogen and oxygen atoms in total. The summed E-state index contributed by atoms with van der Waals surface area (Å²) in [6, 6.07) is 0. The van der Waals surface area contributed by atoms with E-state index < -0.39 is 0 Å². The van der Waals surface area contributed by atoms with Crippen LogP contribution in [0.25, 0.3) is 0 Å². The molecule has 0 aromatic carbocycles. The van der Waals surface area contributed by atoms with Crippen LogP contribution in [0, 0.1) is 0 Å². The van der Waals surface area contributed by atoms with Gasteiger partial charge in [0.2, 0.25) is 5.91 Å². The van der Waals surface area contributed by atoms with E-state index in [1.807, 2.05) is 6.92 Å². The highest BCUT2D eigenvalue weighted by molar-refractivity contribution is 5.77. The van der Waals surface area contributed by atoms with Crippen molar-refractivity contribution in [2.24, 2.45) is 0 Å². The summed E-state index contributed by atoms with van der Waals surface area (Å²) in [6.07, 6.45) is 1.21. The maximum Gasteiger partial charge on any atom is 0.246 e.